The van der Waals surface area contributed by atoms with Gasteiger partial charge in [0.05, 0.1) is 0 Å². The van der Waals surface area contributed by atoms with Gasteiger partial charge in [-0.1, -0.05) is 24.9 Å². The van der Waals surface area contributed by atoms with Crippen molar-refractivity contribution < 1.29 is 9.90 Å². The molecule has 2 atom stereocenters. The Balaban J connectivity index is 2.65. The number of aliphatic carboxylic acids is 1. The Kier molecular flexibility index (Phi) is 5.29. The number of nitrogens with zero attached hydrogens (tertiary/aromatic N) is 1. The minimum absolute atomic E-state index is 0.342. The molecule has 0 spiro atoms. The highest BCUT2D eigenvalue weighted by Gasteiger charge is 2.32. The number of halogens is 1. The topological polar surface area (TPSA) is 40.5 Å². The van der Waals surface area contributed by atoms with Crippen LogP contribution in [0.1, 0.15) is 33.1 Å². The van der Waals surface area contributed by atoms with Crippen LogP contribution in [0.25, 0.3) is 0 Å². The van der Waals surface area contributed by atoms with Crippen LogP contribution >= 0.6 is 11.6 Å². The van der Waals surface area contributed by atoms with Crippen molar-refractivity contribution in [2.24, 2.45) is 5.92 Å². The second-order valence-corrected chi connectivity index (χ2v) is 4.80. The van der Waals surface area contributed by atoms with Gasteiger partial charge in [0.25, 0.3) is 0 Å². The molecule has 1 heterocycles. The van der Waals surface area contributed by atoms with Gasteiger partial charge in [-0.25, -0.2) is 0 Å². The number of rotatable bonds is 4. The van der Waals surface area contributed by atoms with Crippen LogP contribution in [0.5, 0.6) is 0 Å². The Bertz CT molecular complexity index is 278. The molecule has 1 aliphatic heterocycles. The van der Waals surface area contributed by atoms with Crippen LogP contribution in [0.2, 0.25) is 0 Å². The number of carbonyl (C=O) groups is 1. The van der Waals surface area contributed by atoms with Gasteiger partial charge in [0.1, 0.15) is 6.04 Å². The van der Waals surface area contributed by atoms with Crippen LogP contribution in [0.4, 0.5) is 0 Å². The monoisotopic (exact) mass is 245 g/mol. The van der Waals surface area contributed by atoms with Gasteiger partial charge in [0.2, 0.25) is 0 Å². The number of likely N-dealkylation sites (tertiary alicyclic amines) is 1. The molecule has 0 radical (unpaired) electrons. The molecule has 1 rings (SSSR count). The first kappa shape index (κ1) is 13.5. The van der Waals surface area contributed by atoms with E-state index < -0.39 is 5.97 Å². The van der Waals surface area contributed by atoms with Gasteiger partial charge in [0, 0.05) is 12.1 Å². The lowest BCUT2D eigenvalue weighted by Crippen LogP contribution is -2.47. The second-order valence-electron chi connectivity index (χ2n) is 4.58. The van der Waals surface area contributed by atoms with Crippen molar-refractivity contribution in [1.82, 2.24) is 4.90 Å². The summed E-state index contributed by atoms with van der Waals surface area (Å²) in [6.07, 6.45) is 2.93. The van der Waals surface area contributed by atoms with Gasteiger partial charge in [-0.15, -0.1) is 0 Å². The standard InChI is InChI=1S/C12H20ClNO2/c1-3-10-4-5-14(8-9(2)7-13)11(6-10)12(15)16/h7,10-11H,3-6,8H2,1-2H3,(H,15,16). The van der Waals surface area contributed by atoms with Crippen molar-refractivity contribution in [3.63, 3.8) is 0 Å². The molecule has 16 heavy (non-hydrogen) atoms. The fourth-order valence-electron chi connectivity index (χ4n) is 2.26. The highest BCUT2D eigenvalue weighted by atomic mass is 35.5. The van der Waals surface area contributed by atoms with E-state index in [1.165, 1.54) is 5.54 Å². The van der Waals surface area contributed by atoms with E-state index in [4.69, 9.17) is 11.6 Å². The lowest BCUT2D eigenvalue weighted by Gasteiger charge is -2.37. The van der Waals surface area contributed by atoms with Crippen LogP contribution in [-0.4, -0.2) is 35.1 Å². The zero-order valence-corrected chi connectivity index (χ0v) is 10.7. The minimum atomic E-state index is -0.708. The zero-order valence-electron chi connectivity index (χ0n) is 9.95. The summed E-state index contributed by atoms with van der Waals surface area (Å²) in [6.45, 7) is 5.58. The average molecular weight is 246 g/mol. The van der Waals surface area contributed by atoms with Crippen molar-refractivity contribution in [1.29, 1.82) is 0 Å². The number of hydrogen-bond acceptors (Lipinski definition) is 2. The first-order valence-corrected chi connectivity index (χ1v) is 6.24. The highest BCUT2D eigenvalue weighted by Crippen LogP contribution is 2.26. The SMILES string of the molecule is CCC1CCN(CC(C)=CCl)C(C(=O)O)C1. The largest absolute Gasteiger partial charge is 0.480 e. The van der Waals surface area contributed by atoms with Gasteiger partial charge in [-0.2, -0.15) is 0 Å². The third-order valence-corrected chi connectivity index (χ3v) is 3.70. The second kappa shape index (κ2) is 6.26. The van der Waals surface area contributed by atoms with Crippen molar-refractivity contribution in [2.45, 2.75) is 39.2 Å². The predicted octanol–water partition coefficient (Wildman–Crippen LogP) is 2.70. The van der Waals surface area contributed by atoms with Crippen molar-refractivity contribution in [3.8, 4) is 0 Å². The molecule has 1 saturated heterocycles. The van der Waals surface area contributed by atoms with Crippen molar-refractivity contribution in [3.05, 3.63) is 11.1 Å². The van der Waals surface area contributed by atoms with Crippen LogP contribution in [0, 0.1) is 5.92 Å². The van der Waals surface area contributed by atoms with Crippen LogP contribution in [0.15, 0.2) is 11.1 Å². The number of hydrogen-bond donors (Lipinski definition) is 1. The molecule has 0 bridgehead atoms. The molecular formula is C12H20ClNO2. The molecule has 3 nitrogen and oxygen atoms in total. The lowest BCUT2D eigenvalue weighted by atomic mass is 9.88. The summed E-state index contributed by atoms with van der Waals surface area (Å²) in [5, 5.41) is 9.21. The molecule has 0 aliphatic carbocycles. The molecule has 0 aromatic carbocycles. The molecule has 1 aliphatic rings. The molecule has 2 unspecified atom stereocenters. The minimum Gasteiger partial charge on any atom is -0.480 e. The van der Waals surface area contributed by atoms with E-state index in [1.54, 1.807) is 0 Å². The zero-order chi connectivity index (χ0) is 12.1. The molecule has 92 valence electrons. The Morgan fingerprint density at radius 1 is 1.62 bits per heavy atom. The van der Waals surface area contributed by atoms with Crippen molar-refractivity contribution >= 4 is 17.6 Å². The van der Waals surface area contributed by atoms with E-state index in [-0.39, 0.29) is 6.04 Å². The molecule has 1 fully saturated rings. The summed E-state index contributed by atoms with van der Waals surface area (Å²) in [5.74, 6) is -0.154. The van der Waals surface area contributed by atoms with E-state index >= 15 is 0 Å². The number of carboxylic acids is 1. The van der Waals surface area contributed by atoms with Gasteiger partial charge in [0.15, 0.2) is 0 Å². The third kappa shape index (κ3) is 3.49. The third-order valence-electron chi connectivity index (χ3n) is 3.32. The first-order chi connectivity index (χ1) is 7.58. The summed E-state index contributed by atoms with van der Waals surface area (Å²) in [6, 6.07) is -0.342. The van der Waals surface area contributed by atoms with Gasteiger partial charge in [-0.05, 0) is 37.8 Å². The van der Waals surface area contributed by atoms with Gasteiger partial charge in [-0.3, -0.25) is 9.69 Å². The smallest absolute Gasteiger partial charge is 0.320 e. The summed E-state index contributed by atoms with van der Waals surface area (Å²) >= 11 is 5.62. The normalized spacial score (nSPS) is 28.1. The maximum Gasteiger partial charge on any atom is 0.320 e. The Morgan fingerprint density at radius 3 is 2.81 bits per heavy atom. The molecule has 0 aromatic heterocycles. The molecule has 4 heteroatoms. The van der Waals surface area contributed by atoms with Crippen molar-refractivity contribution in [2.75, 3.05) is 13.1 Å². The maximum absolute atomic E-state index is 11.2. The molecule has 0 aromatic rings. The van der Waals surface area contributed by atoms with E-state index in [0.717, 1.165) is 31.4 Å². The fourth-order valence-corrected chi connectivity index (χ4v) is 2.33. The highest BCUT2D eigenvalue weighted by molar-refractivity contribution is 6.25. The lowest BCUT2D eigenvalue weighted by molar-refractivity contribution is -0.145. The molecule has 0 saturated carbocycles. The average Bonchev–Trinajstić information content (AvgIpc) is 2.29. The van der Waals surface area contributed by atoms with E-state index in [0.29, 0.717) is 12.5 Å². The number of carboxylic acid groups (broad SMARTS) is 1. The van der Waals surface area contributed by atoms with Crippen LogP contribution in [-0.2, 0) is 4.79 Å². The van der Waals surface area contributed by atoms with Gasteiger partial charge >= 0.3 is 5.97 Å². The fraction of sp³-hybridized carbons (Fsp3) is 0.750. The molecular weight excluding hydrogens is 226 g/mol. The summed E-state index contributed by atoms with van der Waals surface area (Å²) in [5.41, 5.74) is 2.55. The van der Waals surface area contributed by atoms with Crippen LogP contribution < -0.4 is 0 Å². The molecule has 0 amide bonds. The van der Waals surface area contributed by atoms with Gasteiger partial charge < -0.3 is 5.11 Å². The van der Waals surface area contributed by atoms with E-state index in [2.05, 4.69) is 6.92 Å². The van der Waals surface area contributed by atoms with E-state index in [1.807, 2.05) is 11.8 Å². The molecule has 1 N–H and O–H groups in total. The maximum atomic E-state index is 11.2. The summed E-state index contributed by atoms with van der Waals surface area (Å²) in [4.78, 5) is 13.2. The quantitative estimate of drug-likeness (QED) is 0.828. The Morgan fingerprint density at radius 2 is 2.31 bits per heavy atom. The predicted molar refractivity (Wildman–Crippen MR) is 65.6 cm³/mol. The summed E-state index contributed by atoms with van der Waals surface area (Å²) < 4.78 is 0. The van der Waals surface area contributed by atoms with Crippen LogP contribution in [0.3, 0.4) is 0 Å². The number of piperidine rings is 1. The Labute approximate surface area is 102 Å². The summed E-state index contributed by atoms with van der Waals surface area (Å²) in [7, 11) is 0. The Hall–Kier alpha value is -0.540. The first-order valence-electron chi connectivity index (χ1n) is 5.81. The van der Waals surface area contributed by atoms with E-state index in [9.17, 15) is 9.90 Å².